The molecule has 158 valence electrons. The molecule has 0 saturated heterocycles. The van der Waals surface area contributed by atoms with Gasteiger partial charge in [0.05, 0.1) is 17.9 Å². The molecular formula is C22H21N5O4. The van der Waals surface area contributed by atoms with E-state index in [9.17, 15) is 14.4 Å². The van der Waals surface area contributed by atoms with Crippen molar-refractivity contribution in [2.75, 3.05) is 11.6 Å². The molecule has 1 aromatic heterocycles. The predicted octanol–water partition coefficient (Wildman–Crippen LogP) is 2.13. The molecular weight excluding hydrogens is 398 g/mol. The molecule has 2 heterocycles. The van der Waals surface area contributed by atoms with Gasteiger partial charge in [0, 0.05) is 23.5 Å². The predicted molar refractivity (Wildman–Crippen MR) is 115 cm³/mol. The van der Waals surface area contributed by atoms with Crippen molar-refractivity contribution in [3.63, 3.8) is 0 Å². The fraction of sp³-hybridized carbons (Fsp3) is 0.182. The molecule has 0 fully saturated rings. The molecule has 9 heteroatoms. The molecule has 1 aliphatic rings. The quantitative estimate of drug-likeness (QED) is 0.433. The molecule has 1 aliphatic heterocycles. The van der Waals surface area contributed by atoms with Crippen molar-refractivity contribution in [2.24, 2.45) is 5.10 Å². The van der Waals surface area contributed by atoms with Gasteiger partial charge in [0.2, 0.25) is 0 Å². The molecule has 3 N–H and O–H groups in total. The largest absolute Gasteiger partial charge is 0.461 e. The number of nitrogens with zero attached hydrogens (tertiary/aromatic N) is 2. The molecule has 0 bridgehead atoms. The number of hydrogen-bond acceptors (Lipinski definition) is 6. The lowest BCUT2D eigenvalue weighted by molar-refractivity contribution is -0.135. The van der Waals surface area contributed by atoms with Crippen LogP contribution in [0.15, 0.2) is 65.9 Å². The number of benzene rings is 2. The van der Waals surface area contributed by atoms with Crippen molar-refractivity contribution in [1.82, 2.24) is 15.8 Å². The summed E-state index contributed by atoms with van der Waals surface area (Å²) in [6.45, 7) is 1.91. The average Bonchev–Trinajstić information content (AvgIpc) is 3.43. The molecule has 2 aromatic carbocycles. The first kappa shape index (κ1) is 20.1. The molecule has 2 amide bonds. The Labute approximate surface area is 178 Å². The van der Waals surface area contributed by atoms with E-state index in [1.807, 2.05) is 30.3 Å². The zero-order chi connectivity index (χ0) is 21.8. The van der Waals surface area contributed by atoms with E-state index in [4.69, 9.17) is 4.74 Å². The summed E-state index contributed by atoms with van der Waals surface area (Å²) in [6, 6.07) is 15.6. The third kappa shape index (κ3) is 4.11. The first-order chi connectivity index (χ1) is 15.1. The Bertz CT molecular complexity index is 1150. The Kier molecular flexibility index (Phi) is 5.65. The van der Waals surface area contributed by atoms with E-state index in [-0.39, 0.29) is 18.7 Å². The Hall–Kier alpha value is -4.14. The molecule has 0 aliphatic carbocycles. The van der Waals surface area contributed by atoms with Gasteiger partial charge in [0.1, 0.15) is 11.8 Å². The summed E-state index contributed by atoms with van der Waals surface area (Å²) in [5, 5.41) is 6.50. The van der Waals surface area contributed by atoms with Gasteiger partial charge < -0.3 is 9.72 Å². The van der Waals surface area contributed by atoms with Crippen LogP contribution in [0.25, 0.3) is 10.9 Å². The highest BCUT2D eigenvalue weighted by molar-refractivity contribution is 6.38. The Balaban J connectivity index is 1.48. The van der Waals surface area contributed by atoms with Crippen LogP contribution in [0.2, 0.25) is 0 Å². The van der Waals surface area contributed by atoms with Crippen molar-refractivity contribution in [3.8, 4) is 0 Å². The molecule has 1 atom stereocenters. The molecule has 9 nitrogen and oxygen atoms in total. The number of esters is 1. The van der Waals surface area contributed by atoms with Crippen LogP contribution in [-0.2, 0) is 14.3 Å². The van der Waals surface area contributed by atoms with E-state index in [1.165, 1.54) is 5.01 Å². The van der Waals surface area contributed by atoms with Crippen molar-refractivity contribution in [3.05, 3.63) is 66.4 Å². The number of H-pyrrole nitrogens is 1. The minimum absolute atomic E-state index is 0.0581. The number of amides is 2. The highest BCUT2D eigenvalue weighted by atomic mass is 16.5. The van der Waals surface area contributed by atoms with Gasteiger partial charge >= 0.3 is 5.97 Å². The van der Waals surface area contributed by atoms with Crippen LogP contribution < -0.4 is 15.9 Å². The number of carbonyl (C=O) groups excluding carboxylic acids is 3. The van der Waals surface area contributed by atoms with Crippen molar-refractivity contribution < 1.29 is 19.1 Å². The molecule has 0 spiro atoms. The fourth-order valence-electron chi connectivity index (χ4n) is 3.40. The van der Waals surface area contributed by atoms with E-state index in [2.05, 4.69) is 20.9 Å². The van der Waals surface area contributed by atoms with E-state index in [1.54, 1.807) is 37.4 Å². The summed E-state index contributed by atoms with van der Waals surface area (Å²) in [7, 11) is 0. The summed E-state index contributed by atoms with van der Waals surface area (Å²) < 4.78 is 5.02. The Morgan fingerprint density at radius 2 is 1.84 bits per heavy atom. The number of aromatic amines is 1. The van der Waals surface area contributed by atoms with Crippen LogP contribution in [0, 0.1) is 0 Å². The number of hydrogen-bond donors (Lipinski definition) is 3. The van der Waals surface area contributed by atoms with Crippen LogP contribution in [-0.4, -0.2) is 41.1 Å². The summed E-state index contributed by atoms with van der Waals surface area (Å²) in [4.78, 5) is 40.6. The van der Waals surface area contributed by atoms with Gasteiger partial charge in [0.25, 0.3) is 11.8 Å². The van der Waals surface area contributed by atoms with Gasteiger partial charge in [-0.05, 0) is 25.1 Å². The fourth-order valence-corrected chi connectivity index (χ4v) is 3.40. The molecule has 0 radical (unpaired) electrons. The molecule has 1 unspecified atom stereocenters. The first-order valence-corrected chi connectivity index (χ1v) is 9.83. The highest BCUT2D eigenvalue weighted by Crippen LogP contribution is 2.25. The zero-order valence-electron chi connectivity index (χ0n) is 16.8. The summed E-state index contributed by atoms with van der Waals surface area (Å²) in [6.07, 6.45) is 1.64. The number of hydrazone groups is 1. The van der Waals surface area contributed by atoms with Crippen LogP contribution >= 0.6 is 0 Å². The maximum Gasteiger partial charge on any atom is 0.354 e. The topological polar surface area (TPSA) is 116 Å². The van der Waals surface area contributed by atoms with Gasteiger partial charge in [-0.3, -0.25) is 25.4 Å². The van der Waals surface area contributed by atoms with Gasteiger partial charge in [-0.15, -0.1) is 0 Å². The monoisotopic (exact) mass is 419 g/mol. The lowest BCUT2D eigenvalue weighted by Gasteiger charge is -2.22. The van der Waals surface area contributed by atoms with Crippen molar-refractivity contribution in [1.29, 1.82) is 0 Å². The second kappa shape index (κ2) is 8.70. The SMILES string of the molecule is CCOC(=O)C1=NN(c2ccccc2)C(C(=O)NNC(=O)c2c[nH]c3ccccc23)C1. The number of para-hydroxylation sites is 2. The van der Waals surface area contributed by atoms with Gasteiger partial charge in [-0.1, -0.05) is 36.4 Å². The van der Waals surface area contributed by atoms with E-state index < -0.39 is 23.8 Å². The first-order valence-electron chi connectivity index (χ1n) is 9.83. The average molecular weight is 419 g/mol. The van der Waals surface area contributed by atoms with E-state index in [0.29, 0.717) is 11.3 Å². The second-order valence-electron chi connectivity index (χ2n) is 6.86. The third-order valence-corrected chi connectivity index (χ3v) is 4.88. The van der Waals surface area contributed by atoms with Gasteiger partial charge in [-0.2, -0.15) is 5.10 Å². The number of hydrazine groups is 1. The Morgan fingerprint density at radius 1 is 1.10 bits per heavy atom. The van der Waals surface area contributed by atoms with E-state index >= 15 is 0 Å². The molecule has 31 heavy (non-hydrogen) atoms. The second-order valence-corrected chi connectivity index (χ2v) is 6.86. The normalized spacial score (nSPS) is 15.5. The number of fused-ring (bicyclic) bond motifs is 1. The Morgan fingerprint density at radius 3 is 2.61 bits per heavy atom. The molecule has 3 aromatic rings. The van der Waals surface area contributed by atoms with E-state index in [0.717, 1.165) is 10.9 Å². The molecule has 0 saturated carbocycles. The zero-order valence-corrected chi connectivity index (χ0v) is 16.8. The number of aromatic nitrogens is 1. The summed E-state index contributed by atoms with van der Waals surface area (Å²) in [5.74, 6) is -1.52. The molecule has 4 rings (SSSR count). The number of ether oxygens (including phenoxy) is 1. The third-order valence-electron chi connectivity index (χ3n) is 4.88. The van der Waals surface area contributed by atoms with Crippen molar-refractivity contribution >= 4 is 40.1 Å². The number of anilines is 1. The lowest BCUT2D eigenvalue weighted by atomic mass is 10.1. The minimum atomic E-state index is -0.815. The maximum atomic E-state index is 12.9. The minimum Gasteiger partial charge on any atom is -0.461 e. The standard InChI is InChI=1S/C22H21N5O4/c1-2-31-22(30)18-12-19(27(26-18)14-8-4-3-5-9-14)21(29)25-24-20(28)16-13-23-17-11-7-6-10-15(16)17/h3-11,13,19,23H,2,12H2,1H3,(H,24,28)(H,25,29). The van der Waals surface area contributed by atoms with Crippen molar-refractivity contribution in [2.45, 2.75) is 19.4 Å². The van der Waals surface area contributed by atoms with Crippen LogP contribution in [0.5, 0.6) is 0 Å². The summed E-state index contributed by atoms with van der Waals surface area (Å²) in [5.41, 5.74) is 6.91. The van der Waals surface area contributed by atoms with Crippen LogP contribution in [0.3, 0.4) is 0 Å². The lowest BCUT2D eigenvalue weighted by Crippen LogP contribution is -2.50. The number of nitrogens with one attached hydrogen (secondary N) is 3. The maximum absolute atomic E-state index is 12.9. The number of rotatable bonds is 5. The summed E-state index contributed by atoms with van der Waals surface area (Å²) >= 11 is 0. The van der Waals surface area contributed by atoms with Gasteiger partial charge in [0.15, 0.2) is 0 Å². The smallest absolute Gasteiger partial charge is 0.354 e. The highest BCUT2D eigenvalue weighted by Gasteiger charge is 2.37. The van der Waals surface area contributed by atoms with Crippen LogP contribution in [0.1, 0.15) is 23.7 Å². The number of carbonyl (C=O) groups is 3. The van der Waals surface area contributed by atoms with Crippen LogP contribution in [0.4, 0.5) is 5.69 Å². The van der Waals surface area contributed by atoms with Gasteiger partial charge in [-0.25, -0.2) is 4.79 Å².